The van der Waals surface area contributed by atoms with Crippen LogP contribution < -0.4 is 15.5 Å². The second-order valence-corrected chi connectivity index (χ2v) is 6.11. The Bertz CT molecular complexity index is 616. The molecule has 1 aromatic rings. The standard InChI is InChI=1S/C18H27N3O5/c1-6-26-18(24)21(4)14-9-7-13(8-10-14)19-16(22)15(11-12(2)3)20-17(23)25-5/h7-10,12,15H,6,11H2,1-5H3,(H,19,22)(H,20,23). The van der Waals surface area contributed by atoms with Crippen LogP contribution in [0.1, 0.15) is 27.2 Å². The van der Waals surface area contributed by atoms with Crippen molar-refractivity contribution in [2.75, 3.05) is 31.0 Å². The molecule has 0 fully saturated rings. The lowest BCUT2D eigenvalue weighted by atomic mass is 10.0. The highest BCUT2D eigenvalue weighted by Gasteiger charge is 2.22. The van der Waals surface area contributed by atoms with Crippen molar-refractivity contribution in [3.63, 3.8) is 0 Å². The molecule has 0 saturated heterocycles. The summed E-state index contributed by atoms with van der Waals surface area (Å²) in [7, 11) is 2.85. The van der Waals surface area contributed by atoms with E-state index in [0.29, 0.717) is 24.4 Å². The van der Waals surface area contributed by atoms with Crippen LogP contribution in [0.4, 0.5) is 21.0 Å². The first-order valence-electron chi connectivity index (χ1n) is 8.44. The van der Waals surface area contributed by atoms with Crippen LogP contribution in [0.15, 0.2) is 24.3 Å². The lowest BCUT2D eigenvalue weighted by molar-refractivity contribution is -0.118. The molecule has 0 aliphatic rings. The summed E-state index contributed by atoms with van der Waals surface area (Å²) in [5.74, 6) is -0.126. The van der Waals surface area contributed by atoms with Crippen molar-refractivity contribution < 1.29 is 23.9 Å². The fourth-order valence-corrected chi connectivity index (χ4v) is 2.23. The van der Waals surface area contributed by atoms with Crippen molar-refractivity contribution >= 4 is 29.5 Å². The van der Waals surface area contributed by atoms with Crippen molar-refractivity contribution in [3.05, 3.63) is 24.3 Å². The van der Waals surface area contributed by atoms with Crippen molar-refractivity contribution in [1.82, 2.24) is 5.32 Å². The Hall–Kier alpha value is -2.77. The van der Waals surface area contributed by atoms with Gasteiger partial charge in [-0.15, -0.1) is 0 Å². The highest BCUT2D eigenvalue weighted by molar-refractivity contribution is 5.97. The summed E-state index contributed by atoms with van der Waals surface area (Å²) in [5.41, 5.74) is 1.18. The van der Waals surface area contributed by atoms with Gasteiger partial charge in [0.25, 0.3) is 0 Å². The number of nitrogens with one attached hydrogen (secondary N) is 2. The molecule has 1 rings (SSSR count). The van der Waals surface area contributed by atoms with E-state index in [2.05, 4.69) is 15.4 Å². The van der Waals surface area contributed by atoms with E-state index >= 15 is 0 Å². The fraction of sp³-hybridized carbons (Fsp3) is 0.500. The van der Waals surface area contributed by atoms with E-state index < -0.39 is 18.2 Å². The molecule has 0 saturated carbocycles. The van der Waals surface area contributed by atoms with Gasteiger partial charge in [0.05, 0.1) is 13.7 Å². The first-order valence-corrected chi connectivity index (χ1v) is 8.44. The van der Waals surface area contributed by atoms with Crippen molar-refractivity contribution in [2.45, 2.75) is 33.2 Å². The van der Waals surface area contributed by atoms with Crippen LogP contribution in [-0.4, -0.2) is 44.9 Å². The van der Waals surface area contributed by atoms with Crippen LogP contribution in [-0.2, 0) is 14.3 Å². The number of carbonyl (C=O) groups excluding carboxylic acids is 3. The number of hydrogen-bond acceptors (Lipinski definition) is 5. The number of methoxy groups -OCH3 is 1. The number of carbonyl (C=O) groups is 3. The molecule has 8 heteroatoms. The Labute approximate surface area is 153 Å². The molecule has 0 radical (unpaired) electrons. The smallest absolute Gasteiger partial charge is 0.413 e. The van der Waals surface area contributed by atoms with Gasteiger partial charge >= 0.3 is 12.2 Å². The molecule has 0 aromatic heterocycles. The zero-order valence-electron chi connectivity index (χ0n) is 15.9. The van der Waals surface area contributed by atoms with E-state index in [0.717, 1.165) is 0 Å². The van der Waals surface area contributed by atoms with E-state index in [4.69, 9.17) is 4.74 Å². The summed E-state index contributed by atoms with van der Waals surface area (Å²) in [5, 5.41) is 5.29. The highest BCUT2D eigenvalue weighted by atomic mass is 16.6. The van der Waals surface area contributed by atoms with Crippen LogP contribution in [0.5, 0.6) is 0 Å². The van der Waals surface area contributed by atoms with Gasteiger partial charge < -0.3 is 20.1 Å². The third-order valence-corrected chi connectivity index (χ3v) is 3.56. The zero-order chi connectivity index (χ0) is 19.7. The number of hydrogen-bond donors (Lipinski definition) is 2. The summed E-state index contributed by atoms with van der Waals surface area (Å²) in [6, 6.07) is 6.03. The third-order valence-electron chi connectivity index (χ3n) is 3.56. The number of nitrogens with zero attached hydrogens (tertiary/aromatic N) is 1. The second kappa shape index (κ2) is 10.3. The Morgan fingerprint density at radius 3 is 2.27 bits per heavy atom. The van der Waals surface area contributed by atoms with Crippen molar-refractivity contribution in [2.24, 2.45) is 5.92 Å². The Balaban J connectivity index is 2.77. The van der Waals surface area contributed by atoms with Gasteiger partial charge in [0, 0.05) is 18.4 Å². The minimum Gasteiger partial charge on any atom is -0.453 e. The van der Waals surface area contributed by atoms with Gasteiger partial charge in [0.1, 0.15) is 6.04 Å². The van der Waals surface area contributed by atoms with E-state index in [1.807, 2.05) is 13.8 Å². The van der Waals surface area contributed by atoms with E-state index in [1.54, 1.807) is 38.2 Å². The van der Waals surface area contributed by atoms with Gasteiger partial charge in [-0.1, -0.05) is 13.8 Å². The SMILES string of the molecule is CCOC(=O)N(C)c1ccc(NC(=O)C(CC(C)C)NC(=O)OC)cc1. The number of ether oxygens (including phenoxy) is 2. The van der Waals surface area contributed by atoms with Crippen LogP contribution >= 0.6 is 0 Å². The minimum atomic E-state index is -0.704. The average molecular weight is 365 g/mol. The molecule has 0 bridgehead atoms. The van der Waals surface area contributed by atoms with E-state index in [9.17, 15) is 14.4 Å². The van der Waals surface area contributed by atoms with Crippen LogP contribution in [0.25, 0.3) is 0 Å². The fourth-order valence-electron chi connectivity index (χ4n) is 2.23. The normalized spacial score (nSPS) is 11.5. The van der Waals surface area contributed by atoms with Crippen LogP contribution in [0.2, 0.25) is 0 Å². The maximum atomic E-state index is 12.4. The van der Waals surface area contributed by atoms with Gasteiger partial charge in [-0.05, 0) is 43.5 Å². The monoisotopic (exact) mass is 365 g/mol. The topological polar surface area (TPSA) is 97.0 Å². The maximum absolute atomic E-state index is 12.4. The molecule has 1 atom stereocenters. The molecule has 2 N–H and O–H groups in total. The van der Waals surface area contributed by atoms with Gasteiger partial charge in [-0.25, -0.2) is 9.59 Å². The minimum absolute atomic E-state index is 0.212. The van der Waals surface area contributed by atoms with Gasteiger partial charge in [0.2, 0.25) is 5.91 Å². The molecule has 0 heterocycles. The van der Waals surface area contributed by atoms with Crippen molar-refractivity contribution in [3.8, 4) is 0 Å². The summed E-state index contributed by atoms with van der Waals surface area (Å²) in [6.45, 7) is 5.94. The van der Waals surface area contributed by atoms with Gasteiger partial charge in [-0.2, -0.15) is 0 Å². The summed E-state index contributed by atoms with van der Waals surface area (Å²) >= 11 is 0. The van der Waals surface area contributed by atoms with Crippen molar-refractivity contribution in [1.29, 1.82) is 0 Å². The second-order valence-electron chi connectivity index (χ2n) is 6.11. The predicted octanol–water partition coefficient (Wildman–Crippen LogP) is 2.99. The third kappa shape index (κ3) is 6.62. The number of amides is 3. The molecule has 1 unspecified atom stereocenters. The Morgan fingerprint density at radius 2 is 1.77 bits per heavy atom. The molecule has 3 amide bonds. The molecule has 26 heavy (non-hydrogen) atoms. The lowest BCUT2D eigenvalue weighted by Gasteiger charge is -2.20. The summed E-state index contributed by atoms with van der Waals surface area (Å²) < 4.78 is 9.50. The lowest BCUT2D eigenvalue weighted by Crippen LogP contribution is -2.44. The molecular weight excluding hydrogens is 338 g/mol. The maximum Gasteiger partial charge on any atom is 0.413 e. The molecular formula is C18H27N3O5. The number of alkyl carbamates (subject to hydrolysis) is 1. The number of rotatable bonds is 7. The quantitative estimate of drug-likeness (QED) is 0.774. The molecule has 0 spiro atoms. The summed E-state index contributed by atoms with van der Waals surface area (Å²) in [6.07, 6.45) is -0.634. The van der Waals surface area contributed by atoms with Crippen LogP contribution in [0, 0.1) is 5.92 Å². The van der Waals surface area contributed by atoms with Crippen LogP contribution in [0.3, 0.4) is 0 Å². The Kier molecular flexibility index (Phi) is 8.41. The predicted molar refractivity (Wildman–Crippen MR) is 99.3 cm³/mol. The van der Waals surface area contributed by atoms with Gasteiger partial charge in [0.15, 0.2) is 0 Å². The molecule has 0 aliphatic heterocycles. The van der Waals surface area contributed by atoms with Gasteiger partial charge in [-0.3, -0.25) is 9.69 Å². The van der Waals surface area contributed by atoms with E-state index in [-0.39, 0.29) is 11.8 Å². The first kappa shape index (κ1) is 21.3. The zero-order valence-corrected chi connectivity index (χ0v) is 15.9. The first-order chi connectivity index (χ1) is 12.3. The molecule has 1 aromatic carbocycles. The molecule has 8 nitrogen and oxygen atoms in total. The molecule has 144 valence electrons. The number of benzene rings is 1. The molecule has 0 aliphatic carbocycles. The average Bonchev–Trinajstić information content (AvgIpc) is 2.60. The largest absolute Gasteiger partial charge is 0.453 e. The number of anilines is 2. The summed E-state index contributed by atoms with van der Waals surface area (Å²) in [4.78, 5) is 37.0. The highest BCUT2D eigenvalue weighted by Crippen LogP contribution is 2.18. The van der Waals surface area contributed by atoms with E-state index in [1.165, 1.54) is 12.0 Å². The Morgan fingerprint density at radius 1 is 1.15 bits per heavy atom.